The molecule has 0 bridgehead atoms. The van der Waals surface area contributed by atoms with Gasteiger partial charge in [-0.15, -0.1) is 0 Å². The van der Waals surface area contributed by atoms with Crippen LogP contribution in [-0.2, 0) is 4.74 Å². The lowest BCUT2D eigenvalue weighted by atomic mass is 10.1. The average Bonchev–Trinajstić information content (AvgIpc) is 2.62. The second-order valence-electron chi connectivity index (χ2n) is 5.00. The molecule has 0 saturated heterocycles. The molecule has 120 valence electrons. The van der Waals surface area contributed by atoms with E-state index in [9.17, 15) is 4.79 Å². The van der Waals surface area contributed by atoms with Crippen LogP contribution < -0.4 is 11.1 Å². The molecule has 0 fully saturated rings. The van der Waals surface area contributed by atoms with Gasteiger partial charge in [0.05, 0.1) is 19.0 Å². The number of hydrogen-bond acceptors (Lipinski definition) is 6. The molecule has 2 aromatic heterocycles. The van der Waals surface area contributed by atoms with Gasteiger partial charge in [-0.2, -0.15) is 10.2 Å². The van der Waals surface area contributed by atoms with Gasteiger partial charge in [0.1, 0.15) is 5.82 Å². The maximum atomic E-state index is 11.3. The molecule has 0 aliphatic heterocycles. The molecule has 1 aromatic carbocycles. The number of ether oxygens (including phenoxy) is 1. The first-order valence-corrected chi connectivity index (χ1v) is 7.16. The van der Waals surface area contributed by atoms with E-state index in [1.165, 1.54) is 7.11 Å². The summed E-state index contributed by atoms with van der Waals surface area (Å²) in [6, 6.07) is 12.9. The molecule has 2 heterocycles. The van der Waals surface area contributed by atoms with Crippen LogP contribution in [0.15, 0.2) is 54.9 Å². The summed E-state index contributed by atoms with van der Waals surface area (Å²) in [6.07, 6.45) is 2.67. The number of rotatable bonds is 3. The van der Waals surface area contributed by atoms with Crippen molar-refractivity contribution >= 4 is 17.6 Å². The maximum Gasteiger partial charge on any atom is 0.412 e. The van der Waals surface area contributed by atoms with Crippen molar-refractivity contribution in [3.63, 3.8) is 0 Å². The van der Waals surface area contributed by atoms with E-state index < -0.39 is 6.09 Å². The van der Waals surface area contributed by atoms with Gasteiger partial charge in [0.25, 0.3) is 0 Å². The number of hydrogen-bond donors (Lipinski definition) is 2. The molecule has 0 atom stereocenters. The SMILES string of the molecule is COC(=O)Nc1cc(-c2cnnc(-c3cccc(N)c3)c2)ccn1. The minimum absolute atomic E-state index is 0.390. The molecule has 0 spiro atoms. The summed E-state index contributed by atoms with van der Waals surface area (Å²) in [5, 5.41) is 10.7. The molecule has 0 aliphatic carbocycles. The number of nitrogen functional groups attached to an aromatic ring is 1. The van der Waals surface area contributed by atoms with Crippen molar-refractivity contribution in [3.8, 4) is 22.4 Å². The van der Waals surface area contributed by atoms with Crippen molar-refractivity contribution < 1.29 is 9.53 Å². The fraction of sp³-hybridized carbons (Fsp3) is 0.0588. The predicted octanol–water partition coefficient (Wildman–Crippen LogP) is 2.97. The van der Waals surface area contributed by atoms with Crippen molar-refractivity contribution in [2.45, 2.75) is 0 Å². The molecule has 0 radical (unpaired) electrons. The van der Waals surface area contributed by atoms with Crippen molar-refractivity contribution in [1.29, 1.82) is 0 Å². The number of nitrogens with zero attached hydrogens (tertiary/aromatic N) is 3. The summed E-state index contributed by atoms with van der Waals surface area (Å²) in [6.45, 7) is 0. The zero-order valence-electron chi connectivity index (χ0n) is 12.9. The zero-order chi connectivity index (χ0) is 16.9. The highest BCUT2D eigenvalue weighted by atomic mass is 16.5. The summed E-state index contributed by atoms with van der Waals surface area (Å²) in [5.74, 6) is 0.390. The Kier molecular flexibility index (Phi) is 4.33. The van der Waals surface area contributed by atoms with Gasteiger partial charge in [-0.25, -0.2) is 9.78 Å². The predicted molar refractivity (Wildman–Crippen MR) is 91.1 cm³/mol. The van der Waals surface area contributed by atoms with Crippen LogP contribution in [0.25, 0.3) is 22.4 Å². The van der Waals surface area contributed by atoms with Gasteiger partial charge >= 0.3 is 6.09 Å². The van der Waals surface area contributed by atoms with E-state index in [0.29, 0.717) is 17.2 Å². The normalized spacial score (nSPS) is 10.2. The highest BCUT2D eigenvalue weighted by molar-refractivity contribution is 5.84. The number of anilines is 2. The highest BCUT2D eigenvalue weighted by Gasteiger charge is 2.07. The first-order chi connectivity index (χ1) is 11.7. The molecule has 7 nitrogen and oxygen atoms in total. The second-order valence-corrected chi connectivity index (χ2v) is 5.00. The molecule has 1 amide bonds. The lowest BCUT2D eigenvalue weighted by Gasteiger charge is -2.07. The zero-order valence-corrected chi connectivity index (χ0v) is 12.9. The van der Waals surface area contributed by atoms with Crippen LogP contribution in [-0.4, -0.2) is 28.4 Å². The first kappa shape index (κ1) is 15.4. The molecule has 24 heavy (non-hydrogen) atoms. The Hall–Kier alpha value is -3.48. The topological polar surface area (TPSA) is 103 Å². The second kappa shape index (κ2) is 6.74. The number of methoxy groups -OCH3 is 1. The molecule has 3 N–H and O–H groups in total. The van der Waals surface area contributed by atoms with Crippen LogP contribution in [0.3, 0.4) is 0 Å². The van der Waals surface area contributed by atoms with Gasteiger partial charge in [0, 0.05) is 23.0 Å². The van der Waals surface area contributed by atoms with Crippen LogP contribution in [0.2, 0.25) is 0 Å². The Morgan fingerprint density at radius 2 is 2.00 bits per heavy atom. The number of nitrogens with two attached hydrogens (primary N) is 1. The van der Waals surface area contributed by atoms with Gasteiger partial charge < -0.3 is 10.5 Å². The fourth-order valence-electron chi connectivity index (χ4n) is 2.20. The largest absolute Gasteiger partial charge is 0.453 e. The van der Waals surface area contributed by atoms with E-state index >= 15 is 0 Å². The third-order valence-electron chi connectivity index (χ3n) is 3.35. The smallest absolute Gasteiger partial charge is 0.412 e. The fourth-order valence-corrected chi connectivity index (χ4v) is 2.20. The number of carbonyl (C=O) groups is 1. The Balaban J connectivity index is 1.94. The first-order valence-electron chi connectivity index (χ1n) is 7.16. The van der Waals surface area contributed by atoms with E-state index in [1.807, 2.05) is 36.4 Å². The molecule has 3 aromatic rings. The van der Waals surface area contributed by atoms with Gasteiger partial charge in [-0.1, -0.05) is 12.1 Å². The van der Waals surface area contributed by atoms with Gasteiger partial charge in [0.15, 0.2) is 0 Å². The average molecular weight is 321 g/mol. The molecular weight excluding hydrogens is 306 g/mol. The Morgan fingerprint density at radius 3 is 2.79 bits per heavy atom. The van der Waals surface area contributed by atoms with Crippen LogP contribution in [0.1, 0.15) is 0 Å². The third-order valence-corrected chi connectivity index (χ3v) is 3.35. The lowest BCUT2D eigenvalue weighted by Crippen LogP contribution is -2.11. The molecule has 7 heteroatoms. The number of carbonyl (C=O) groups excluding carboxylic acids is 1. The number of nitrogens with one attached hydrogen (secondary N) is 1. The van der Waals surface area contributed by atoms with E-state index in [4.69, 9.17) is 5.73 Å². The summed E-state index contributed by atoms with van der Waals surface area (Å²) in [4.78, 5) is 15.4. The molecule has 0 aliphatic rings. The number of pyridine rings is 1. The quantitative estimate of drug-likeness (QED) is 0.719. The third kappa shape index (κ3) is 3.46. The van der Waals surface area contributed by atoms with Gasteiger partial charge in [0.2, 0.25) is 0 Å². The van der Waals surface area contributed by atoms with Crippen molar-refractivity contribution in [2.75, 3.05) is 18.2 Å². The molecular formula is C17H15N5O2. The van der Waals surface area contributed by atoms with Crippen LogP contribution in [0, 0.1) is 0 Å². The van der Waals surface area contributed by atoms with E-state index in [0.717, 1.165) is 16.7 Å². The van der Waals surface area contributed by atoms with Gasteiger partial charge in [-0.05, 0) is 35.9 Å². The van der Waals surface area contributed by atoms with Crippen molar-refractivity contribution in [3.05, 3.63) is 54.9 Å². The maximum absolute atomic E-state index is 11.3. The Labute approximate surface area is 138 Å². The number of aromatic nitrogens is 3. The van der Waals surface area contributed by atoms with Crippen LogP contribution in [0.4, 0.5) is 16.3 Å². The number of benzene rings is 1. The summed E-state index contributed by atoms with van der Waals surface area (Å²) < 4.78 is 4.56. The van der Waals surface area contributed by atoms with Crippen LogP contribution in [0.5, 0.6) is 0 Å². The minimum atomic E-state index is -0.576. The van der Waals surface area contributed by atoms with E-state index in [1.54, 1.807) is 18.5 Å². The van der Waals surface area contributed by atoms with E-state index in [-0.39, 0.29) is 0 Å². The van der Waals surface area contributed by atoms with Crippen molar-refractivity contribution in [2.24, 2.45) is 0 Å². The molecule has 0 unspecified atom stereocenters. The molecule has 0 saturated carbocycles. The summed E-state index contributed by atoms with van der Waals surface area (Å²) in [7, 11) is 1.30. The summed E-state index contributed by atoms with van der Waals surface area (Å²) in [5.41, 5.74) is 9.75. The Bertz CT molecular complexity index is 882. The lowest BCUT2D eigenvalue weighted by molar-refractivity contribution is 0.187. The molecule has 3 rings (SSSR count). The monoisotopic (exact) mass is 321 g/mol. The van der Waals surface area contributed by atoms with Crippen LogP contribution >= 0.6 is 0 Å². The highest BCUT2D eigenvalue weighted by Crippen LogP contribution is 2.25. The van der Waals surface area contributed by atoms with Gasteiger partial charge in [-0.3, -0.25) is 5.32 Å². The standard InChI is InChI=1S/C17H15N5O2/c1-24-17(23)21-16-9-11(5-6-19-16)13-8-15(22-20-10-13)12-3-2-4-14(18)7-12/h2-10H,18H2,1H3,(H,19,21,23). The number of amides is 1. The minimum Gasteiger partial charge on any atom is -0.453 e. The van der Waals surface area contributed by atoms with E-state index in [2.05, 4.69) is 25.2 Å². The Morgan fingerprint density at radius 1 is 1.12 bits per heavy atom. The van der Waals surface area contributed by atoms with Crippen molar-refractivity contribution in [1.82, 2.24) is 15.2 Å². The summed E-state index contributed by atoms with van der Waals surface area (Å²) >= 11 is 0.